The molecule has 3 heteroatoms. The van der Waals surface area contributed by atoms with Gasteiger partial charge in [-0.25, -0.2) is 0 Å². The highest BCUT2D eigenvalue weighted by Gasteiger charge is 2.18. The highest BCUT2D eigenvalue weighted by molar-refractivity contribution is 5.96. The molecule has 1 fully saturated rings. The predicted octanol–water partition coefficient (Wildman–Crippen LogP) is 1.67. The Morgan fingerprint density at radius 3 is 2.78 bits per heavy atom. The summed E-state index contributed by atoms with van der Waals surface area (Å²) in [5, 5.41) is 3.07. The van der Waals surface area contributed by atoms with Gasteiger partial charge in [-0.2, -0.15) is 0 Å². The SMILES string of the molecule is NCC#Cc1ccccc1C(=O)NC1CCCC1. The normalized spacial score (nSPS) is 14.9. The van der Waals surface area contributed by atoms with E-state index in [-0.39, 0.29) is 5.91 Å². The number of amides is 1. The summed E-state index contributed by atoms with van der Waals surface area (Å²) in [7, 11) is 0. The molecule has 2 rings (SSSR count). The molecule has 1 amide bonds. The van der Waals surface area contributed by atoms with E-state index in [0.717, 1.165) is 18.4 Å². The average Bonchev–Trinajstić information content (AvgIpc) is 2.89. The van der Waals surface area contributed by atoms with Crippen LogP contribution in [0.25, 0.3) is 0 Å². The van der Waals surface area contributed by atoms with Crippen molar-refractivity contribution < 1.29 is 4.79 Å². The molecule has 0 aromatic heterocycles. The maximum atomic E-state index is 12.2. The number of hydrogen-bond donors (Lipinski definition) is 2. The van der Waals surface area contributed by atoms with Gasteiger partial charge in [0.1, 0.15) is 0 Å². The van der Waals surface area contributed by atoms with E-state index in [4.69, 9.17) is 5.73 Å². The van der Waals surface area contributed by atoms with Crippen molar-refractivity contribution in [1.82, 2.24) is 5.32 Å². The number of carbonyl (C=O) groups is 1. The third-order valence-corrected chi connectivity index (χ3v) is 3.19. The lowest BCUT2D eigenvalue weighted by Gasteiger charge is -2.12. The van der Waals surface area contributed by atoms with Crippen LogP contribution in [0, 0.1) is 11.8 Å². The zero-order valence-electron chi connectivity index (χ0n) is 10.4. The molecule has 94 valence electrons. The molecule has 1 aliphatic rings. The minimum Gasteiger partial charge on any atom is -0.349 e. The maximum absolute atomic E-state index is 12.2. The second kappa shape index (κ2) is 6.23. The van der Waals surface area contributed by atoms with Crippen molar-refractivity contribution in [2.24, 2.45) is 5.73 Å². The first-order valence-corrected chi connectivity index (χ1v) is 6.40. The lowest BCUT2D eigenvalue weighted by Crippen LogP contribution is -2.33. The van der Waals surface area contributed by atoms with Gasteiger partial charge in [-0.1, -0.05) is 36.8 Å². The Morgan fingerprint density at radius 2 is 2.06 bits per heavy atom. The van der Waals surface area contributed by atoms with E-state index in [0.29, 0.717) is 18.2 Å². The topological polar surface area (TPSA) is 55.1 Å². The second-order valence-electron chi connectivity index (χ2n) is 4.51. The average molecular weight is 242 g/mol. The van der Waals surface area contributed by atoms with Crippen molar-refractivity contribution in [2.75, 3.05) is 6.54 Å². The molecule has 0 unspecified atom stereocenters. The Bertz CT molecular complexity index is 479. The van der Waals surface area contributed by atoms with Gasteiger partial charge in [-0.15, -0.1) is 0 Å². The Kier molecular flexibility index (Phi) is 4.38. The number of rotatable bonds is 2. The quantitative estimate of drug-likeness (QED) is 0.775. The fraction of sp³-hybridized carbons (Fsp3) is 0.400. The molecule has 18 heavy (non-hydrogen) atoms. The van der Waals surface area contributed by atoms with Crippen LogP contribution in [0.4, 0.5) is 0 Å². The smallest absolute Gasteiger partial charge is 0.252 e. The molecule has 1 aliphatic carbocycles. The van der Waals surface area contributed by atoms with Gasteiger partial charge in [0.15, 0.2) is 0 Å². The molecule has 0 radical (unpaired) electrons. The lowest BCUT2D eigenvalue weighted by atomic mass is 10.1. The van der Waals surface area contributed by atoms with Gasteiger partial charge >= 0.3 is 0 Å². The van der Waals surface area contributed by atoms with Gasteiger partial charge < -0.3 is 11.1 Å². The van der Waals surface area contributed by atoms with Gasteiger partial charge in [0.2, 0.25) is 0 Å². The van der Waals surface area contributed by atoms with E-state index in [1.54, 1.807) is 0 Å². The Balaban J connectivity index is 2.13. The Morgan fingerprint density at radius 1 is 1.33 bits per heavy atom. The summed E-state index contributed by atoms with van der Waals surface area (Å²) in [5.41, 5.74) is 6.75. The first-order chi connectivity index (χ1) is 8.81. The Labute approximate surface area is 108 Å². The van der Waals surface area contributed by atoms with E-state index in [2.05, 4.69) is 17.2 Å². The molecular weight excluding hydrogens is 224 g/mol. The molecular formula is C15H18N2O. The van der Waals surface area contributed by atoms with Gasteiger partial charge in [0.05, 0.1) is 12.1 Å². The number of nitrogens with two attached hydrogens (primary N) is 1. The molecule has 3 N–H and O–H groups in total. The van der Waals surface area contributed by atoms with Crippen LogP contribution in [-0.4, -0.2) is 18.5 Å². The van der Waals surface area contributed by atoms with Crippen LogP contribution in [0.15, 0.2) is 24.3 Å². The number of hydrogen-bond acceptors (Lipinski definition) is 2. The third kappa shape index (κ3) is 3.12. The number of carbonyl (C=O) groups excluding carboxylic acids is 1. The fourth-order valence-electron chi connectivity index (χ4n) is 2.27. The van der Waals surface area contributed by atoms with E-state index >= 15 is 0 Å². The summed E-state index contributed by atoms with van der Waals surface area (Å²) in [5.74, 6) is 5.71. The zero-order chi connectivity index (χ0) is 12.8. The van der Waals surface area contributed by atoms with Crippen molar-refractivity contribution in [2.45, 2.75) is 31.7 Å². The maximum Gasteiger partial charge on any atom is 0.252 e. The first-order valence-electron chi connectivity index (χ1n) is 6.40. The molecule has 0 spiro atoms. The largest absolute Gasteiger partial charge is 0.349 e. The van der Waals surface area contributed by atoms with Gasteiger partial charge in [-0.3, -0.25) is 4.79 Å². The zero-order valence-corrected chi connectivity index (χ0v) is 10.4. The van der Waals surface area contributed by atoms with E-state index in [1.165, 1.54) is 12.8 Å². The fourth-order valence-corrected chi connectivity index (χ4v) is 2.27. The lowest BCUT2D eigenvalue weighted by molar-refractivity contribution is 0.0937. The van der Waals surface area contributed by atoms with Crippen molar-refractivity contribution >= 4 is 5.91 Å². The molecule has 3 nitrogen and oxygen atoms in total. The summed E-state index contributed by atoms with van der Waals surface area (Å²) in [6, 6.07) is 7.73. The second-order valence-corrected chi connectivity index (χ2v) is 4.51. The van der Waals surface area contributed by atoms with Crippen molar-refractivity contribution in [3.05, 3.63) is 35.4 Å². The van der Waals surface area contributed by atoms with Gasteiger partial charge in [0.25, 0.3) is 5.91 Å². The molecule has 1 aromatic rings. The first kappa shape index (κ1) is 12.7. The third-order valence-electron chi connectivity index (χ3n) is 3.19. The molecule has 0 atom stereocenters. The monoisotopic (exact) mass is 242 g/mol. The van der Waals surface area contributed by atoms with Crippen LogP contribution < -0.4 is 11.1 Å². The standard InChI is InChI=1S/C15H18N2O/c16-11-5-7-12-6-1-4-10-14(12)15(18)17-13-8-2-3-9-13/h1,4,6,10,13H,2-3,8-9,11,16H2,(H,17,18). The van der Waals surface area contributed by atoms with Crippen molar-refractivity contribution in [3.8, 4) is 11.8 Å². The van der Waals surface area contributed by atoms with E-state index < -0.39 is 0 Å². The minimum absolute atomic E-state index is 0.0242. The molecule has 0 heterocycles. The van der Waals surface area contributed by atoms with Gasteiger partial charge in [0, 0.05) is 11.6 Å². The predicted molar refractivity (Wildman–Crippen MR) is 72.1 cm³/mol. The summed E-state index contributed by atoms with van der Waals surface area (Å²) in [4.78, 5) is 12.2. The summed E-state index contributed by atoms with van der Waals surface area (Å²) >= 11 is 0. The van der Waals surface area contributed by atoms with Gasteiger partial charge in [-0.05, 0) is 25.0 Å². The van der Waals surface area contributed by atoms with Crippen LogP contribution >= 0.6 is 0 Å². The summed E-state index contributed by atoms with van der Waals surface area (Å²) in [6.07, 6.45) is 4.59. The highest BCUT2D eigenvalue weighted by atomic mass is 16.1. The van der Waals surface area contributed by atoms with E-state index in [1.807, 2.05) is 24.3 Å². The number of benzene rings is 1. The van der Waals surface area contributed by atoms with Crippen LogP contribution in [0.2, 0.25) is 0 Å². The molecule has 0 aliphatic heterocycles. The Hall–Kier alpha value is -1.79. The van der Waals surface area contributed by atoms with E-state index in [9.17, 15) is 4.79 Å². The molecule has 1 saturated carbocycles. The highest BCUT2D eigenvalue weighted by Crippen LogP contribution is 2.18. The van der Waals surface area contributed by atoms with Crippen molar-refractivity contribution in [3.63, 3.8) is 0 Å². The van der Waals surface area contributed by atoms with Crippen LogP contribution in [0.1, 0.15) is 41.6 Å². The molecule has 0 bridgehead atoms. The van der Waals surface area contributed by atoms with Crippen LogP contribution in [0.3, 0.4) is 0 Å². The summed E-state index contributed by atoms with van der Waals surface area (Å²) in [6.45, 7) is 0.304. The molecule has 0 saturated heterocycles. The van der Waals surface area contributed by atoms with Crippen molar-refractivity contribution in [1.29, 1.82) is 0 Å². The van der Waals surface area contributed by atoms with Crippen LogP contribution in [0.5, 0.6) is 0 Å². The summed E-state index contributed by atoms with van der Waals surface area (Å²) < 4.78 is 0. The van der Waals surface area contributed by atoms with Crippen LogP contribution in [-0.2, 0) is 0 Å². The molecule has 1 aromatic carbocycles. The number of nitrogens with one attached hydrogen (secondary N) is 1. The minimum atomic E-state index is -0.0242.